The van der Waals surface area contributed by atoms with Crippen molar-refractivity contribution >= 4 is 17.1 Å². The van der Waals surface area contributed by atoms with Gasteiger partial charge in [-0.3, -0.25) is 4.79 Å². The third-order valence-electron chi connectivity index (χ3n) is 3.80. The number of H-pyrrole nitrogens is 1. The van der Waals surface area contributed by atoms with Crippen LogP contribution < -0.4 is 0 Å². The minimum Gasteiger partial charge on any atom is -0.356 e. The van der Waals surface area contributed by atoms with Crippen molar-refractivity contribution in [2.24, 2.45) is 0 Å². The van der Waals surface area contributed by atoms with Gasteiger partial charge in [-0.1, -0.05) is 30.3 Å². The minimum atomic E-state index is 0.0947. The Labute approximate surface area is 134 Å². The molecule has 0 saturated heterocycles. The van der Waals surface area contributed by atoms with Crippen LogP contribution in [-0.2, 0) is 6.42 Å². The zero-order chi connectivity index (χ0) is 15.7. The topological polar surface area (TPSA) is 45.8 Å². The van der Waals surface area contributed by atoms with Gasteiger partial charge >= 0.3 is 0 Å². The van der Waals surface area contributed by atoms with E-state index in [4.69, 9.17) is 4.98 Å². The molecule has 22 heavy (non-hydrogen) atoms. The quantitative estimate of drug-likeness (QED) is 0.719. The number of carbonyl (C=O) groups excluding carboxylic acids is 1. The van der Waals surface area contributed by atoms with E-state index < -0.39 is 0 Å². The summed E-state index contributed by atoms with van der Waals surface area (Å²) in [5, 5.41) is 3.14. The fourth-order valence-electron chi connectivity index (χ4n) is 2.81. The fraction of sp³-hybridized carbons (Fsp3) is 0.222. The average Bonchev–Trinajstić information content (AvgIpc) is 3.04. The van der Waals surface area contributed by atoms with Crippen LogP contribution in [0.3, 0.4) is 0 Å². The van der Waals surface area contributed by atoms with Crippen LogP contribution in [0.1, 0.15) is 39.1 Å². The van der Waals surface area contributed by atoms with Gasteiger partial charge in [0.25, 0.3) is 0 Å². The van der Waals surface area contributed by atoms with E-state index in [-0.39, 0.29) is 5.78 Å². The molecule has 1 aromatic carbocycles. The Morgan fingerprint density at radius 3 is 2.59 bits per heavy atom. The first-order chi connectivity index (χ1) is 10.6. The lowest BCUT2D eigenvalue weighted by Crippen LogP contribution is -1.94. The first kappa shape index (κ1) is 14.7. The van der Waals surface area contributed by atoms with Gasteiger partial charge in [-0.15, -0.1) is 11.3 Å². The molecule has 0 saturated carbocycles. The number of Topliss-reactive ketones (excluding diaryl/α,β-unsaturated/α-hetero) is 1. The van der Waals surface area contributed by atoms with Crippen molar-refractivity contribution in [2.45, 2.75) is 27.2 Å². The maximum Gasteiger partial charge on any atom is 0.161 e. The highest BCUT2D eigenvalue weighted by atomic mass is 32.1. The number of nitrogens with zero attached hydrogens (tertiary/aromatic N) is 1. The smallest absolute Gasteiger partial charge is 0.161 e. The summed E-state index contributed by atoms with van der Waals surface area (Å²) in [5.41, 5.74) is 5.82. The van der Waals surface area contributed by atoms with Crippen molar-refractivity contribution in [1.29, 1.82) is 0 Å². The molecular formula is C18H18N2OS. The molecule has 0 amide bonds. The molecule has 0 bridgehead atoms. The van der Waals surface area contributed by atoms with E-state index in [1.54, 1.807) is 18.3 Å². The van der Waals surface area contributed by atoms with Crippen LogP contribution in [0.5, 0.6) is 0 Å². The van der Waals surface area contributed by atoms with Gasteiger partial charge in [0.2, 0.25) is 0 Å². The van der Waals surface area contributed by atoms with Crippen molar-refractivity contribution in [3.63, 3.8) is 0 Å². The number of ketones is 1. The summed E-state index contributed by atoms with van der Waals surface area (Å²) in [7, 11) is 0. The first-order valence-corrected chi connectivity index (χ1v) is 8.13. The summed E-state index contributed by atoms with van der Waals surface area (Å²) in [6, 6.07) is 10.3. The summed E-state index contributed by atoms with van der Waals surface area (Å²) in [6.07, 6.45) is 0.837. The highest BCUT2D eigenvalue weighted by Gasteiger charge is 2.17. The molecular weight excluding hydrogens is 292 g/mol. The third-order valence-corrected chi connectivity index (χ3v) is 4.64. The summed E-state index contributed by atoms with van der Waals surface area (Å²) < 4.78 is 0. The normalized spacial score (nSPS) is 10.9. The van der Waals surface area contributed by atoms with E-state index in [2.05, 4.69) is 22.5 Å². The Morgan fingerprint density at radius 1 is 1.23 bits per heavy atom. The lowest BCUT2D eigenvalue weighted by molar-refractivity contribution is 0.101. The summed E-state index contributed by atoms with van der Waals surface area (Å²) in [5.74, 6) is 0.0947. The van der Waals surface area contributed by atoms with Gasteiger partial charge in [0.15, 0.2) is 5.78 Å². The van der Waals surface area contributed by atoms with E-state index in [0.29, 0.717) is 0 Å². The van der Waals surface area contributed by atoms with Crippen LogP contribution in [0.15, 0.2) is 35.7 Å². The molecule has 0 fully saturated rings. The van der Waals surface area contributed by atoms with Gasteiger partial charge in [-0.2, -0.15) is 0 Å². The van der Waals surface area contributed by atoms with Crippen molar-refractivity contribution in [3.05, 3.63) is 63.1 Å². The van der Waals surface area contributed by atoms with Gasteiger partial charge in [0.1, 0.15) is 0 Å². The number of hydrogen-bond donors (Lipinski definition) is 1. The Morgan fingerprint density at radius 2 is 1.95 bits per heavy atom. The fourth-order valence-corrected chi connectivity index (χ4v) is 3.63. The van der Waals surface area contributed by atoms with E-state index >= 15 is 0 Å². The molecule has 1 N–H and O–H groups in total. The van der Waals surface area contributed by atoms with Crippen molar-refractivity contribution < 1.29 is 4.79 Å². The lowest BCUT2D eigenvalue weighted by atomic mass is 10.1. The molecule has 3 aromatic rings. The molecule has 2 heterocycles. The predicted octanol–water partition coefficient (Wildman–Crippen LogP) is 4.55. The van der Waals surface area contributed by atoms with Gasteiger partial charge in [0, 0.05) is 23.1 Å². The zero-order valence-corrected chi connectivity index (χ0v) is 13.8. The molecule has 0 unspecified atom stereocenters. The van der Waals surface area contributed by atoms with Gasteiger partial charge < -0.3 is 4.98 Å². The molecule has 2 aromatic heterocycles. The van der Waals surface area contributed by atoms with E-state index in [0.717, 1.165) is 39.6 Å². The van der Waals surface area contributed by atoms with Gasteiger partial charge in [0.05, 0.1) is 16.4 Å². The van der Waals surface area contributed by atoms with Crippen LogP contribution in [0.2, 0.25) is 0 Å². The monoisotopic (exact) mass is 310 g/mol. The van der Waals surface area contributed by atoms with E-state index in [1.807, 2.05) is 32.0 Å². The number of nitrogens with one attached hydrogen (secondary N) is 1. The van der Waals surface area contributed by atoms with E-state index in [1.165, 1.54) is 5.56 Å². The van der Waals surface area contributed by atoms with Crippen LogP contribution >= 0.6 is 11.3 Å². The number of aromatic nitrogens is 2. The number of hydrogen-bond acceptors (Lipinski definition) is 3. The van der Waals surface area contributed by atoms with Crippen LogP contribution in [-0.4, -0.2) is 15.8 Å². The van der Waals surface area contributed by atoms with E-state index in [9.17, 15) is 4.79 Å². The minimum absolute atomic E-state index is 0.0947. The molecule has 4 heteroatoms. The molecule has 3 nitrogen and oxygen atoms in total. The van der Waals surface area contributed by atoms with Crippen LogP contribution in [0, 0.1) is 13.8 Å². The highest BCUT2D eigenvalue weighted by Crippen LogP contribution is 2.29. The summed E-state index contributed by atoms with van der Waals surface area (Å²) >= 11 is 1.66. The second-order valence-electron chi connectivity index (χ2n) is 5.47. The van der Waals surface area contributed by atoms with Crippen molar-refractivity contribution in [1.82, 2.24) is 9.97 Å². The summed E-state index contributed by atoms with van der Waals surface area (Å²) in [4.78, 5) is 19.8. The first-order valence-electron chi connectivity index (χ1n) is 7.25. The Hall–Kier alpha value is -2.20. The lowest BCUT2D eigenvalue weighted by Gasteiger charge is -1.98. The number of benzene rings is 1. The predicted molar refractivity (Wildman–Crippen MR) is 90.6 cm³/mol. The summed E-state index contributed by atoms with van der Waals surface area (Å²) in [6.45, 7) is 5.52. The molecule has 3 rings (SSSR count). The average molecular weight is 310 g/mol. The molecule has 0 aliphatic carbocycles. The third kappa shape index (κ3) is 2.74. The van der Waals surface area contributed by atoms with Gasteiger partial charge in [-0.05, 0) is 31.9 Å². The zero-order valence-electron chi connectivity index (χ0n) is 12.9. The molecule has 0 aliphatic heterocycles. The van der Waals surface area contributed by atoms with Crippen molar-refractivity contribution in [2.75, 3.05) is 0 Å². The standard InChI is InChI=1S/C18H18N2OS/c1-11-17(13(3)21)12(2)19-18(11)15-10-22-16(20-15)9-14-7-5-4-6-8-14/h4-8,10,19H,9H2,1-3H3. The molecule has 0 spiro atoms. The highest BCUT2D eigenvalue weighted by molar-refractivity contribution is 7.10. The molecule has 0 atom stereocenters. The second-order valence-corrected chi connectivity index (χ2v) is 6.41. The van der Waals surface area contributed by atoms with Gasteiger partial charge in [-0.25, -0.2) is 4.98 Å². The number of aromatic amines is 1. The molecule has 0 aliphatic rings. The second kappa shape index (κ2) is 5.89. The van der Waals surface area contributed by atoms with Crippen LogP contribution in [0.25, 0.3) is 11.4 Å². The largest absolute Gasteiger partial charge is 0.356 e. The Balaban J connectivity index is 1.91. The Kier molecular flexibility index (Phi) is 3.94. The van der Waals surface area contributed by atoms with Crippen molar-refractivity contribution in [3.8, 4) is 11.4 Å². The molecule has 0 radical (unpaired) electrons. The van der Waals surface area contributed by atoms with Crippen LogP contribution in [0.4, 0.5) is 0 Å². The number of carbonyl (C=O) groups is 1. The maximum absolute atomic E-state index is 11.7. The number of aryl methyl sites for hydroxylation is 1. The SMILES string of the molecule is CC(=O)c1c(C)[nH]c(-c2csc(Cc3ccccc3)n2)c1C. The number of rotatable bonds is 4. The Bertz CT molecular complexity index is 815. The molecule has 112 valence electrons. The maximum atomic E-state index is 11.7. The number of thiazole rings is 1.